The number of carbonyl (C=O) groups is 2. The molecule has 0 spiro atoms. The number of rotatable bonds is 9. The molecule has 1 heterocycles. The summed E-state index contributed by atoms with van der Waals surface area (Å²) >= 11 is 12.7. The molecule has 4 rings (SSSR count). The summed E-state index contributed by atoms with van der Waals surface area (Å²) in [5, 5.41) is 5.43. The number of benzene rings is 3. The van der Waals surface area contributed by atoms with Crippen LogP contribution >= 0.6 is 23.2 Å². The summed E-state index contributed by atoms with van der Waals surface area (Å²) in [5.41, 5.74) is 0.999. The fraction of sp³-hybridized carbons (Fsp3) is 0.250. The number of amides is 1. The van der Waals surface area contributed by atoms with Gasteiger partial charge in [-0.15, -0.1) is 0 Å². The monoisotopic (exact) mass is 642 g/mol. The molecule has 4 aromatic rings. The summed E-state index contributed by atoms with van der Waals surface area (Å²) in [4.78, 5) is 31.8. The van der Waals surface area contributed by atoms with Crippen molar-refractivity contribution in [1.29, 1.82) is 0 Å². The molecule has 228 valence electrons. The van der Waals surface area contributed by atoms with E-state index in [2.05, 4.69) is 9.94 Å². The van der Waals surface area contributed by atoms with Crippen molar-refractivity contribution in [3.63, 3.8) is 0 Å². The SMILES string of the molecule is [C-]#[N+]C(CC(=O)OCC)c1c(C(=O)N(C)[C@H](C)c2ccc(C(F)(F)F)cc2)nn(-c2ccccc2Cl)c1-c1ccc(Cl)cc1. The highest BCUT2D eigenvalue weighted by Gasteiger charge is 2.38. The lowest BCUT2D eigenvalue weighted by Crippen LogP contribution is -2.31. The minimum Gasteiger partial charge on any atom is -0.466 e. The highest BCUT2D eigenvalue weighted by atomic mass is 35.5. The van der Waals surface area contributed by atoms with Gasteiger partial charge >= 0.3 is 12.1 Å². The van der Waals surface area contributed by atoms with Gasteiger partial charge in [0.1, 0.15) is 6.42 Å². The third-order valence-corrected chi connectivity index (χ3v) is 7.67. The summed E-state index contributed by atoms with van der Waals surface area (Å²) in [6, 6.07) is 16.2. The number of alkyl halides is 3. The molecule has 0 aliphatic carbocycles. The largest absolute Gasteiger partial charge is 0.466 e. The van der Waals surface area contributed by atoms with Crippen molar-refractivity contribution in [2.75, 3.05) is 13.7 Å². The van der Waals surface area contributed by atoms with Crippen LogP contribution < -0.4 is 0 Å². The van der Waals surface area contributed by atoms with E-state index >= 15 is 0 Å². The van der Waals surface area contributed by atoms with Crippen LogP contribution in [0.2, 0.25) is 10.0 Å². The second kappa shape index (κ2) is 13.5. The molecule has 0 saturated heterocycles. The molecule has 0 saturated carbocycles. The Morgan fingerprint density at radius 3 is 2.25 bits per heavy atom. The van der Waals surface area contributed by atoms with E-state index in [0.29, 0.717) is 32.6 Å². The number of hydrogen-bond donors (Lipinski definition) is 0. The zero-order valence-electron chi connectivity index (χ0n) is 23.9. The number of carbonyl (C=O) groups excluding carboxylic acids is 2. The van der Waals surface area contributed by atoms with E-state index in [4.69, 9.17) is 34.5 Å². The number of halogens is 5. The molecule has 0 bridgehead atoms. The van der Waals surface area contributed by atoms with Crippen molar-refractivity contribution >= 4 is 35.1 Å². The van der Waals surface area contributed by atoms with Crippen LogP contribution in [0, 0.1) is 6.57 Å². The molecular formula is C32H27Cl2F3N4O3. The Labute approximate surface area is 262 Å². The minimum atomic E-state index is -4.50. The highest BCUT2D eigenvalue weighted by molar-refractivity contribution is 6.32. The van der Waals surface area contributed by atoms with Crippen LogP contribution in [0.15, 0.2) is 72.8 Å². The third-order valence-electron chi connectivity index (χ3n) is 7.10. The van der Waals surface area contributed by atoms with Gasteiger partial charge in [0.05, 0.1) is 40.2 Å². The molecule has 3 aromatic carbocycles. The molecule has 12 heteroatoms. The Kier molecular flexibility index (Phi) is 10.0. The molecule has 0 radical (unpaired) electrons. The first kappa shape index (κ1) is 32.6. The van der Waals surface area contributed by atoms with Crippen molar-refractivity contribution < 1.29 is 27.5 Å². The van der Waals surface area contributed by atoms with Crippen LogP contribution in [0.5, 0.6) is 0 Å². The Bertz CT molecular complexity index is 1700. The summed E-state index contributed by atoms with van der Waals surface area (Å²) < 4.78 is 46.0. The Balaban J connectivity index is 1.92. The predicted octanol–water partition coefficient (Wildman–Crippen LogP) is 8.61. The first-order valence-electron chi connectivity index (χ1n) is 13.5. The Morgan fingerprint density at radius 2 is 1.68 bits per heavy atom. The fourth-order valence-electron chi connectivity index (χ4n) is 4.69. The summed E-state index contributed by atoms with van der Waals surface area (Å²) in [6.45, 7) is 11.4. The van der Waals surface area contributed by atoms with E-state index in [1.54, 1.807) is 62.4 Å². The van der Waals surface area contributed by atoms with Gasteiger partial charge in [0.15, 0.2) is 5.69 Å². The maximum atomic E-state index is 14.2. The number of aromatic nitrogens is 2. The number of esters is 1. The lowest BCUT2D eigenvalue weighted by atomic mass is 9.96. The van der Waals surface area contributed by atoms with Gasteiger partial charge in [0.25, 0.3) is 11.9 Å². The van der Waals surface area contributed by atoms with Crippen molar-refractivity contribution in [3.8, 4) is 16.9 Å². The van der Waals surface area contributed by atoms with Crippen LogP contribution in [-0.2, 0) is 15.7 Å². The standard InChI is InChI=1S/C32H27Cl2F3N4O3/c1-5-44-27(42)18-25(38-3)28-29(31(43)40(4)19(2)20-10-14-22(15-11-20)32(35,36)37)39-41(26-9-7-6-8-24(26)34)30(28)21-12-16-23(33)17-13-21/h6-17,19,25H,5,18H2,1-2,4H3/t19-,25?/m1/s1. The third kappa shape index (κ3) is 6.90. The van der Waals surface area contributed by atoms with Crippen molar-refractivity contribution in [3.05, 3.63) is 117 Å². The molecule has 44 heavy (non-hydrogen) atoms. The first-order chi connectivity index (χ1) is 20.9. The fourth-order valence-corrected chi connectivity index (χ4v) is 5.04. The van der Waals surface area contributed by atoms with Gasteiger partial charge in [0, 0.05) is 17.6 Å². The van der Waals surface area contributed by atoms with Crippen molar-refractivity contribution in [2.24, 2.45) is 0 Å². The second-order valence-corrected chi connectivity index (χ2v) is 10.7. The van der Waals surface area contributed by atoms with E-state index in [1.165, 1.54) is 28.8 Å². The molecular weight excluding hydrogens is 616 g/mol. The van der Waals surface area contributed by atoms with Gasteiger partial charge in [-0.1, -0.05) is 59.6 Å². The minimum absolute atomic E-state index is 0.103. The number of ether oxygens (including phenoxy) is 1. The van der Waals surface area contributed by atoms with Gasteiger partial charge in [0.2, 0.25) is 0 Å². The van der Waals surface area contributed by atoms with Crippen molar-refractivity contribution in [1.82, 2.24) is 14.7 Å². The molecule has 1 unspecified atom stereocenters. The van der Waals surface area contributed by atoms with Crippen LogP contribution in [-0.4, -0.2) is 40.2 Å². The topological polar surface area (TPSA) is 68.8 Å². The molecule has 7 nitrogen and oxygen atoms in total. The van der Waals surface area contributed by atoms with Crippen LogP contribution in [0.25, 0.3) is 21.8 Å². The molecule has 0 aliphatic rings. The van der Waals surface area contributed by atoms with Gasteiger partial charge < -0.3 is 14.5 Å². The first-order valence-corrected chi connectivity index (χ1v) is 14.2. The van der Waals surface area contributed by atoms with Crippen LogP contribution in [0.4, 0.5) is 13.2 Å². The van der Waals surface area contributed by atoms with Gasteiger partial charge in [-0.2, -0.15) is 18.3 Å². The van der Waals surface area contributed by atoms with Crippen molar-refractivity contribution in [2.45, 2.75) is 38.5 Å². The summed E-state index contributed by atoms with van der Waals surface area (Å²) in [6.07, 6.45) is -4.86. The maximum absolute atomic E-state index is 14.2. The van der Waals surface area contributed by atoms with E-state index in [-0.39, 0.29) is 24.3 Å². The Morgan fingerprint density at radius 1 is 1.05 bits per heavy atom. The van der Waals surface area contributed by atoms with Gasteiger partial charge in [-0.25, -0.2) is 11.3 Å². The summed E-state index contributed by atoms with van der Waals surface area (Å²) in [7, 11) is 1.49. The number of para-hydroxylation sites is 1. The molecule has 0 N–H and O–H groups in total. The van der Waals surface area contributed by atoms with E-state index in [0.717, 1.165) is 12.1 Å². The highest BCUT2D eigenvalue weighted by Crippen LogP contribution is 2.40. The zero-order chi connectivity index (χ0) is 32.2. The zero-order valence-corrected chi connectivity index (χ0v) is 25.4. The maximum Gasteiger partial charge on any atom is 0.416 e. The van der Waals surface area contributed by atoms with E-state index in [1.807, 2.05) is 0 Å². The molecule has 0 aliphatic heterocycles. The Hall–Kier alpha value is -4.33. The van der Waals surface area contributed by atoms with Gasteiger partial charge in [-0.3, -0.25) is 9.59 Å². The average molecular weight is 643 g/mol. The number of nitrogens with zero attached hydrogens (tertiary/aromatic N) is 4. The smallest absolute Gasteiger partial charge is 0.416 e. The molecule has 1 aromatic heterocycles. The molecule has 1 amide bonds. The lowest BCUT2D eigenvalue weighted by molar-refractivity contribution is -0.143. The quantitative estimate of drug-likeness (QED) is 0.135. The lowest BCUT2D eigenvalue weighted by Gasteiger charge is -2.25. The van der Waals surface area contributed by atoms with Crippen LogP contribution in [0.1, 0.15) is 59.5 Å². The van der Waals surface area contributed by atoms with Gasteiger partial charge in [-0.05, 0) is 55.8 Å². The van der Waals surface area contributed by atoms with E-state index < -0.39 is 35.7 Å². The molecule has 0 fully saturated rings. The average Bonchev–Trinajstić information content (AvgIpc) is 3.39. The summed E-state index contributed by atoms with van der Waals surface area (Å²) in [5.74, 6) is -1.25. The normalized spacial score (nSPS) is 12.7. The number of hydrogen-bond acceptors (Lipinski definition) is 4. The molecule has 2 atom stereocenters. The predicted molar refractivity (Wildman–Crippen MR) is 162 cm³/mol. The second-order valence-electron chi connectivity index (χ2n) is 9.85. The van der Waals surface area contributed by atoms with Crippen LogP contribution in [0.3, 0.4) is 0 Å². The van der Waals surface area contributed by atoms with E-state index in [9.17, 15) is 22.8 Å².